The summed E-state index contributed by atoms with van der Waals surface area (Å²) in [4.78, 5) is 16.2. The molecule has 3 aromatic carbocycles. The van der Waals surface area contributed by atoms with E-state index in [2.05, 4.69) is 6.07 Å². The molecule has 1 aliphatic heterocycles. The molecule has 4 nitrogen and oxygen atoms in total. The number of ether oxygens (including phenoxy) is 2. The molecule has 4 rings (SSSR count). The molecule has 0 saturated carbocycles. The molecule has 0 N–H and O–H groups in total. The monoisotopic (exact) mass is 431 g/mol. The molecule has 1 unspecified atom stereocenters. The molecule has 1 atom stereocenters. The Bertz CT molecular complexity index is 1060. The summed E-state index contributed by atoms with van der Waals surface area (Å²) in [7, 11) is 3.32. The normalized spacial score (nSPS) is 16.1. The van der Waals surface area contributed by atoms with Crippen LogP contribution in [0.15, 0.2) is 83.8 Å². The lowest BCUT2D eigenvalue weighted by atomic mass is 10.1. The van der Waals surface area contributed by atoms with Crippen LogP contribution >= 0.6 is 11.8 Å². The van der Waals surface area contributed by atoms with E-state index in [4.69, 9.17) is 9.47 Å². The van der Waals surface area contributed by atoms with Crippen LogP contribution in [0.2, 0.25) is 0 Å². The number of fused-ring (bicyclic) bond motifs is 1. The highest BCUT2D eigenvalue weighted by molar-refractivity contribution is 7.99. The lowest BCUT2D eigenvalue weighted by Crippen LogP contribution is -2.30. The van der Waals surface area contributed by atoms with Gasteiger partial charge >= 0.3 is 0 Å². The Morgan fingerprint density at radius 1 is 0.935 bits per heavy atom. The molecule has 3 aromatic rings. The van der Waals surface area contributed by atoms with Crippen LogP contribution in [-0.2, 0) is 4.79 Å². The minimum atomic E-state index is 0.0649. The van der Waals surface area contributed by atoms with Gasteiger partial charge < -0.3 is 14.4 Å². The van der Waals surface area contributed by atoms with Gasteiger partial charge in [0.1, 0.15) is 11.5 Å². The molecule has 0 fully saturated rings. The topological polar surface area (TPSA) is 38.8 Å². The Morgan fingerprint density at radius 3 is 2.26 bits per heavy atom. The fraction of sp³-hybridized carbons (Fsp3) is 0.192. The summed E-state index contributed by atoms with van der Waals surface area (Å²) >= 11 is 1.74. The first-order chi connectivity index (χ1) is 15.2. The third kappa shape index (κ3) is 4.94. The Labute approximate surface area is 187 Å². The molecule has 1 aliphatic rings. The molecular weight excluding hydrogens is 406 g/mol. The summed E-state index contributed by atoms with van der Waals surface area (Å²) in [6, 6.07) is 24.0. The molecule has 0 bridgehead atoms. The second-order valence-corrected chi connectivity index (χ2v) is 8.48. The lowest BCUT2D eigenvalue weighted by molar-refractivity contribution is -0.118. The molecule has 0 radical (unpaired) electrons. The Hall–Kier alpha value is -3.18. The first kappa shape index (κ1) is 21.1. The number of benzene rings is 3. The van der Waals surface area contributed by atoms with E-state index in [1.165, 1.54) is 0 Å². The molecule has 0 saturated heterocycles. The van der Waals surface area contributed by atoms with E-state index < -0.39 is 0 Å². The molecule has 1 heterocycles. The first-order valence-electron chi connectivity index (χ1n) is 10.2. The summed E-state index contributed by atoms with van der Waals surface area (Å²) in [5.74, 6) is 1.77. The third-order valence-corrected chi connectivity index (χ3v) is 6.61. The number of rotatable bonds is 6. The van der Waals surface area contributed by atoms with Gasteiger partial charge in [0.15, 0.2) is 0 Å². The van der Waals surface area contributed by atoms with E-state index in [0.717, 1.165) is 33.2 Å². The van der Waals surface area contributed by atoms with E-state index in [1.54, 1.807) is 26.0 Å². The van der Waals surface area contributed by atoms with Crippen molar-refractivity contribution in [3.05, 3.63) is 90.0 Å². The van der Waals surface area contributed by atoms with Crippen molar-refractivity contribution in [2.24, 2.45) is 0 Å². The van der Waals surface area contributed by atoms with E-state index in [-0.39, 0.29) is 11.2 Å². The molecule has 5 heteroatoms. The van der Waals surface area contributed by atoms with Gasteiger partial charge in [0.2, 0.25) is 5.91 Å². The number of nitrogens with zero attached hydrogens (tertiary/aromatic N) is 1. The zero-order chi connectivity index (χ0) is 21.6. The fourth-order valence-corrected chi connectivity index (χ4v) is 4.87. The number of hydrogen-bond donors (Lipinski definition) is 0. The maximum absolute atomic E-state index is 13.2. The van der Waals surface area contributed by atoms with Gasteiger partial charge in [-0.15, -0.1) is 11.8 Å². The van der Waals surface area contributed by atoms with Gasteiger partial charge in [-0.05, 0) is 47.5 Å². The summed E-state index contributed by atoms with van der Waals surface area (Å²) in [6.45, 7) is 0.526. The van der Waals surface area contributed by atoms with Crippen LogP contribution in [0.5, 0.6) is 11.5 Å². The summed E-state index contributed by atoms with van der Waals surface area (Å²) in [6.07, 6.45) is 4.52. The average Bonchev–Trinajstić information content (AvgIpc) is 2.96. The minimum Gasteiger partial charge on any atom is -0.497 e. The van der Waals surface area contributed by atoms with Gasteiger partial charge in [-0.2, -0.15) is 0 Å². The van der Waals surface area contributed by atoms with Gasteiger partial charge in [0.25, 0.3) is 0 Å². The number of carbonyl (C=O) groups is 1. The van der Waals surface area contributed by atoms with Crippen molar-refractivity contribution in [3.8, 4) is 11.5 Å². The second kappa shape index (κ2) is 9.75. The Morgan fingerprint density at radius 2 is 1.58 bits per heavy atom. The summed E-state index contributed by atoms with van der Waals surface area (Å²) < 4.78 is 10.5. The zero-order valence-corrected chi connectivity index (χ0v) is 18.5. The van der Waals surface area contributed by atoms with Crippen LogP contribution in [-0.4, -0.2) is 26.7 Å². The molecule has 31 heavy (non-hydrogen) atoms. The predicted molar refractivity (Wildman–Crippen MR) is 127 cm³/mol. The van der Waals surface area contributed by atoms with Gasteiger partial charge in [0, 0.05) is 23.1 Å². The van der Waals surface area contributed by atoms with Crippen molar-refractivity contribution >= 4 is 29.4 Å². The van der Waals surface area contributed by atoms with Crippen LogP contribution in [0.1, 0.15) is 22.8 Å². The van der Waals surface area contributed by atoms with Crippen molar-refractivity contribution in [2.75, 3.05) is 25.7 Å². The number of carbonyl (C=O) groups excluding carboxylic acids is 1. The molecule has 1 amide bonds. The van der Waals surface area contributed by atoms with Gasteiger partial charge in [-0.25, -0.2) is 0 Å². The summed E-state index contributed by atoms with van der Waals surface area (Å²) in [5.41, 5.74) is 3.17. The molecule has 0 aliphatic carbocycles. The number of thioether (sulfide) groups is 1. The number of methoxy groups -OCH3 is 2. The van der Waals surface area contributed by atoms with Crippen LogP contribution in [0, 0.1) is 0 Å². The standard InChI is InChI=1S/C26H25NO3S/c1-29-21-13-9-19(10-14-21)6-5-17-27-23-7-3-4-8-24(23)31-25(18-26(27)28)20-11-15-22(30-2)16-12-20/h3-16,25H,17-18H2,1-2H3/b6-5+. The maximum Gasteiger partial charge on any atom is 0.228 e. The van der Waals surface area contributed by atoms with E-state index in [1.807, 2.05) is 83.8 Å². The van der Waals surface area contributed by atoms with Crippen LogP contribution in [0.3, 0.4) is 0 Å². The van der Waals surface area contributed by atoms with Crippen molar-refractivity contribution in [1.29, 1.82) is 0 Å². The third-order valence-electron chi connectivity index (χ3n) is 5.29. The van der Waals surface area contributed by atoms with E-state index >= 15 is 0 Å². The zero-order valence-electron chi connectivity index (χ0n) is 17.7. The SMILES string of the molecule is COc1ccc(/C=C/CN2C(=O)CC(c3ccc(OC)cc3)Sc3ccccc32)cc1. The first-order valence-corrected chi connectivity index (χ1v) is 11.1. The van der Waals surface area contributed by atoms with Crippen LogP contribution in [0.25, 0.3) is 6.08 Å². The molecule has 0 aromatic heterocycles. The number of anilines is 1. The highest BCUT2D eigenvalue weighted by Crippen LogP contribution is 2.45. The number of para-hydroxylation sites is 1. The van der Waals surface area contributed by atoms with Crippen molar-refractivity contribution in [3.63, 3.8) is 0 Å². The smallest absolute Gasteiger partial charge is 0.228 e. The quantitative estimate of drug-likeness (QED) is 0.481. The minimum absolute atomic E-state index is 0.0649. The molecule has 0 spiro atoms. The highest BCUT2D eigenvalue weighted by atomic mass is 32.2. The molecule has 158 valence electrons. The molecular formula is C26H25NO3S. The van der Waals surface area contributed by atoms with Crippen molar-refractivity contribution < 1.29 is 14.3 Å². The van der Waals surface area contributed by atoms with Gasteiger partial charge in [0.05, 0.1) is 19.9 Å². The Kier molecular flexibility index (Phi) is 6.63. The lowest BCUT2D eigenvalue weighted by Gasteiger charge is -2.21. The fourth-order valence-electron chi connectivity index (χ4n) is 3.59. The van der Waals surface area contributed by atoms with Gasteiger partial charge in [-0.1, -0.05) is 48.6 Å². The van der Waals surface area contributed by atoms with E-state index in [0.29, 0.717) is 13.0 Å². The average molecular weight is 432 g/mol. The largest absolute Gasteiger partial charge is 0.497 e. The maximum atomic E-state index is 13.2. The Balaban J connectivity index is 1.55. The number of hydrogen-bond acceptors (Lipinski definition) is 4. The van der Waals surface area contributed by atoms with Crippen molar-refractivity contribution in [2.45, 2.75) is 16.6 Å². The summed E-state index contributed by atoms with van der Waals surface area (Å²) in [5, 5.41) is 0.0649. The second-order valence-electron chi connectivity index (χ2n) is 7.23. The van der Waals surface area contributed by atoms with Crippen LogP contribution < -0.4 is 14.4 Å². The number of amides is 1. The highest BCUT2D eigenvalue weighted by Gasteiger charge is 2.28. The van der Waals surface area contributed by atoms with Gasteiger partial charge in [-0.3, -0.25) is 4.79 Å². The predicted octanol–water partition coefficient (Wildman–Crippen LogP) is 5.99. The van der Waals surface area contributed by atoms with E-state index in [9.17, 15) is 4.79 Å². The van der Waals surface area contributed by atoms with Crippen molar-refractivity contribution in [1.82, 2.24) is 0 Å². The van der Waals surface area contributed by atoms with Crippen LogP contribution in [0.4, 0.5) is 5.69 Å².